The van der Waals surface area contributed by atoms with Crippen LogP contribution >= 0.6 is 0 Å². The predicted octanol–water partition coefficient (Wildman–Crippen LogP) is 2.34. The van der Waals surface area contributed by atoms with Crippen LogP contribution in [0.1, 0.15) is 38.3 Å². The van der Waals surface area contributed by atoms with E-state index in [1.807, 2.05) is 18.5 Å². The van der Waals surface area contributed by atoms with Crippen LogP contribution in [0.3, 0.4) is 0 Å². The number of aliphatic hydroxyl groups excluding tert-OH is 2. The Balaban J connectivity index is 1.55. The number of rotatable bonds is 8. The molecule has 0 spiro atoms. The minimum absolute atomic E-state index is 0.187. The Morgan fingerprint density at radius 1 is 1.00 bits per heavy atom. The molecule has 0 aliphatic heterocycles. The fourth-order valence-corrected chi connectivity index (χ4v) is 4.03. The van der Waals surface area contributed by atoms with E-state index in [2.05, 4.69) is 33.1 Å². The van der Waals surface area contributed by atoms with E-state index in [0.29, 0.717) is 11.7 Å². The number of aliphatic hydroxyl groups is 2. The third kappa shape index (κ3) is 3.29. The van der Waals surface area contributed by atoms with Gasteiger partial charge in [0, 0.05) is 23.5 Å². The third-order valence-electron chi connectivity index (χ3n) is 5.88. The lowest BCUT2D eigenvalue weighted by atomic mass is 10.1. The van der Waals surface area contributed by atoms with Crippen LogP contribution in [0.15, 0.2) is 43.2 Å². The molecule has 0 amide bonds. The number of nitrogens with zero attached hydrogens (tertiary/aromatic N) is 7. The molecule has 1 aliphatic carbocycles. The molecule has 30 heavy (non-hydrogen) atoms. The summed E-state index contributed by atoms with van der Waals surface area (Å²) < 4.78 is 5.45. The van der Waals surface area contributed by atoms with Crippen LogP contribution in [0.4, 0.5) is 0 Å². The van der Waals surface area contributed by atoms with Crippen molar-refractivity contribution in [3.05, 3.63) is 43.2 Å². The normalized spacial score (nSPS) is 15.3. The summed E-state index contributed by atoms with van der Waals surface area (Å²) in [5.74, 6) is 0.730. The van der Waals surface area contributed by atoms with Gasteiger partial charge in [0.1, 0.15) is 0 Å². The zero-order valence-electron chi connectivity index (χ0n) is 16.8. The van der Waals surface area contributed by atoms with Crippen LogP contribution in [0, 0.1) is 5.92 Å². The third-order valence-corrected chi connectivity index (χ3v) is 5.88. The lowest BCUT2D eigenvalue weighted by molar-refractivity contribution is 0.146. The lowest BCUT2D eigenvalue weighted by Crippen LogP contribution is -2.17. The van der Waals surface area contributed by atoms with Crippen LogP contribution in [0.5, 0.6) is 0 Å². The second-order valence-corrected chi connectivity index (χ2v) is 7.89. The highest BCUT2D eigenvalue weighted by Gasteiger charge is 2.31. The van der Waals surface area contributed by atoms with Gasteiger partial charge in [-0.1, -0.05) is 6.92 Å². The summed E-state index contributed by atoms with van der Waals surface area (Å²) in [6.45, 7) is 1.84. The first kappa shape index (κ1) is 19.0. The molecule has 0 unspecified atom stereocenters. The Hall–Kier alpha value is -3.04. The van der Waals surface area contributed by atoms with Gasteiger partial charge in [-0.2, -0.15) is 15.3 Å². The van der Waals surface area contributed by atoms with Gasteiger partial charge in [0.25, 0.3) is 0 Å². The molecular weight excluding hydrogens is 382 g/mol. The fourth-order valence-electron chi connectivity index (χ4n) is 4.03. The van der Waals surface area contributed by atoms with Gasteiger partial charge in [-0.15, -0.1) is 0 Å². The molecule has 1 fully saturated rings. The van der Waals surface area contributed by atoms with E-state index in [1.54, 1.807) is 27.8 Å². The van der Waals surface area contributed by atoms with Gasteiger partial charge in [0.05, 0.1) is 67.0 Å². The highest BCUT2D eigenvalue weighted by molar-refractivity contribution is 5.78. The Labute approximate surface area is 173 Å². The zero-order chi connectivity index (χ0) is 20.7. The van der Waals surface area contributed by atoms with Gasteiger partial charge in [0.2, 0.25) is 0 Å². The van der Waals surface area contributed by atoms with Crippen molar-refractivity contribution in [3.63, 3.8) is 0 Å². The van der Waals surface area contributed by atoms with Gasteiger partial charge in [-0.05, 0) is 31.2 Å². The van der Waals surface area contributed by atoms with Crippen LogP contribution < -0.4 is 0 Å². The van der Waals surface area contributed by atoms with E-state index in [9.17, 15) is 10.2 Å². The molecule has 0 aromatic carbocycles. The summed E-state index contributed by atoms with van der Waals surface area (Å²) in [5.41, 5.74) is 4.18. The van der Waals surface area contributed by atoms with Crippen molar-refractivity contribution < 1.29 is 10.2 Å². The van der Waals surface area contributed by atoms with Gasteiger partial charge < -0.3 is 10.2 Å². The van der Waals surface area contributed by atoms with Crippen molar-refractivity contribution in [3.8, 4) is 22.5 Å². The standard InChI is InChI=1S/C21H25N7O2/c1-2-19(14-3-4-14)27-10-16(8-24-27)21-20-5-6-22-28(20)11-18(25-21)15-7-23-26(9-15)17(12-29)13-30/h5-11,14,17,19,29-30H,2-4,12-13H2,1H3/t19-/m1/s1. The van der Waals surface area contributed by atoms with E-state index in [0.717, 1.165) is 34.7 Å². The molecule has 1 saturated carbocycles. The van der Waals surface area contributed by atoms with Crippen molar-refractivity contribution in [1.29, 1.82) is 0 Å². The summed E-state index contributed by atoms with van der Waals surface area (Å²) in [7, 11) is 0. The average Bonchev–Trinajstić information content (AvgIpc) is 3.16. The number of hydrogen-bond donors (Lipinski definition) is 2. The Kier molecular flexibility index (Phi) is 4.84. The Morgan fingerprint density at radius 2 is 1.73 bits per heavy atom. The minimum atomic E-state index is -0.474. The first-order valence-corrected chi connectivity index (χ1v) is 10.4. The van der Waals surface area contributed by atoms with Crippen LogP contribution in [0.2, 0.25) is 0 Å². The van der Waals surface area contributed by atoms with Crippen molar-refractivity contribution >= 4 is 5.52 Å². The molecule has 1 aliphatic rings. The van der Waals surface area contributed by atoms with Gasteiger partial charge in [-0.25, -0.2) is 9.50 Å². The molecule has 4 heterocycles. The van der Waals surface area contributed by atoms with Crippen LogP contribution in [-0.4, -0.2) is 57.6 Å². The van der Waals surface area contributed by atoms with Crippen LogP contribution in [-0.2, 0) is 0 Å². The summed E-state index contributed by atoms with van der Waals surface area (Å²) in [5, 5.41) is 32.2. The molecule has 5 rings (SSSR count). The maximum Gasteiger partial charge on any atom is 0.0999 e. The van der Waals surface area contributed by atoms with E-state index < -0.39 is 6.04 Å². The smallest absolute Gasteiger partial charge is 0.0999 e. The molecular formula is C21H25N7O2. The van der Waals surface area contributed by atoms with E-state index in [1.165, 1.54) is 12.8 Å². The molecule has 9 nitrogen and oxygen atoms in total. The second kappa shape index (κ2) is 7.66. The average molecular weight is 407 g/mol. The topological polar surface area (TPSA) is 106 Å². The summed E-state index contributed by atoms with van der Waals surface area (Å²) in [6.07, 6.45) is 14.7. The monoisotopic (exact) mass is 407 g/mol. The van der Waals surface area contributed by atoms with Crippen LogP contribution in [0.25, 0.3) is 28.0 Å². The SMILES string of the molecule is CC[C@H](C1CC1)n1cc(-c2nc(-c3cnn(C(CO)CO)c3)cn3nccc23)cn1. The summed E-state index contributed by atoms with van der Waals surface area (Å²) >= 11 is 0. The molecule has 2 N–H and O–H groups in total. The summed E-state index contributed by atoms with van der Waals surface area (Å²) in [6, 6.07) is 1.91. The molecule has 0 saturated heterocycles. The molecule has 1 atom stereocenters. The first-order valence-electron chi connectivity index (χ1n) is 10.4. The van der Waals surface area contributed by atoms with Crippen molar-refractivity contribution in [2.75, 3.05) is 13.2 Å². The van der Waals surface area contributed by atoms with Gasteiger partial charge in [0.15, 0.2) is 0 Å². The highest BCUT2D eigenvalue weighted by Crippen LogP contribution is 2.41. The fraction of sp³-hybridized carbons (Fsp3) is 0.429. The zero-order valence-corrected chi connectivity index (χ0v) is 16.8. The lowest BCUT2D eigenvalue weighted by Gasteiger charge is -2.14. The predicted molar refractivity (Wildman–Crippen MR) is 111 cm³/mol. The Bertz CT molecular complexity index is 1150. The quantitative estimate of drug-likeness (QED) is 0.464. The molecule has 4 aromatic heterocycles. The van der Waals surface area contributed by atoms with Gasteiger partial charge >= 0.3 is 0 Å². The molecule has 9 heteroatoms. The number of hydrogen-bond acceptors (Lipinski definition) is 6. The van der Waals surface area contributed by atoms with E-state index >= 15 is 0 Å². The van der Waals surface area contributed by atoms with Crippen molar-refractivity contribution in [2.24, 2.45) is 5.92 Å². The first-order chi connectivity index (χ1) is 14.7. The molecule has 156 valence electrons. The van der Waals surface area contributed by atoms with Crippen molar-refractivity contribution in [1.82, 2.24) is 34.2 Å². The number of fused-ring (bicyclic) bond motifs is 1. The van der Waals surface area contributed by atoms with E-state index in [4.69, 9.17) is 4.98 Å². The van der Waals surface area contributed by atoms with Crippen molar-refractivity contribution in [2.45, 2.75) is 38.3 Å². The van der Waals surface area contributed by atoms with E-state index in [-0.39, 0.29) is 13.2 Å². The maximum absolute atomic E-state index is 9.42. The molecule has 0 bridgehead atoms. The summed E-state index contributed by atoms with van der Waals surface area (Å²) in [4.78, 5) is 4.90. The second-order valence-electron chi connectivity index (χ2n) is 7.89. The molecule has 4 aromatic rings. The largest absolute Gasteiger partial charge is 0.394 e. The maximum atomic E-state index is 9.42. The molecule has 0 radical (unpaired) electrons. The van der Waals surface area contributed by atoms with Gasteiger partial charge in [-0.3, -0.25) is 9.36 Å². The minimum Gasteiger partial charge on any atom is -0.394 e. The number of aromatic nitrogens is 7. The Morgan fingerprint density at radius 3 is 2.47 bits per heavy atom. The highest BCUT2D eigenvalue weighted by atomic mass is 16.3.